The Kier molecular flexibility index (Phi) is 8.50. The molecule has 2 bridgehead atoms. The molecule has 12 nitrogen and oxygen atoms in total. The molecule has 1 saturated heterocycles. The van der Waals surface area contributed by atoms with E-state index in [9.17, 15) is 40.2 Å². The number of hydrogen-bond donors (Lipinski definition) is 8. The summed E-state index contributed by atoms with van der Waals surface area (Å²) in [7, 11) is 0. The highest BCUT2D eigenvalue weighted by Crippen LogP contribution is 2.52. The fraction of sp³-hybridized carbons (Fsp3) is 0.405. The number of carbonyl (C=O) groups excluding carboxylic acids is 2. The summed E-state index contributed by atoms with van der Waals surface area (Å²) >= 11 is 0. The second-order valence-electron chi connectivity index (χ2n) is 13.6. The van der Waals surface area contributed by atoms with Gasteiger partial charge in [-0.15, -0.1) is 0 Å². The Bertz CT molecular complexity index is 1820. The molecule has 1 saturated carbocycles. The highest BCUT2D eigenvalue weighted by Gasteiger charge is 2.68. The number of aliphatic hydroxyl groups is 6. The lowest BCUT2D eigenvalue weighted by Crippen LogP contribution is -2.77. The van der Waals surface area contributed by atoms with Gasteiger partial charge in [0.25, 0.3) is 0 Å². The molecule has 2 aromatic carbocycles. The van der Waals surface area contributed by atoms with E-state index in [2.05, 4.69) is 5.32 Å². The molecule has 2 fully saturated rings. The molecule has 0 aromatic heterocycles. The minimum absolute atomic E-state index is 0.0672. The van der Waals surface area contributed by atoms with Gasteiger partial charge in [-0.1, -0.05) is 48.6 Å². The van der Waals surface area contributed by atoms with Crippen molar-refractivity contribution in [3.8, 4) is 5.75 Å². The summed E-state index contributed by atoms with van der Waals surface area (Å²) in [5, 5.41) is 69.2. The molecule has 8 atom stereocenters. The van der Waals surface area contributed by atoms with Gasteiger partial charge in [-0.25, -0.2) is 0 Å². The quantitative estimate of drug-likeness (QED) is 0.200. The molecule has 2 aliphatic heterocycles. The number of benzene rings is 2. The van der Waals surface area contributed by atoms with Gasteiger partial charge in [-0.2, -0.15) is 0 Å². The van der Waals surface area contributed by atoms with Crippen LogP contribution in [0.2, 0.25) is 0 Å². The fourth-order valence-corrected chi connectivity index (χ4v) is 8.16. The first kappa shape index (κ1) is 33.2. The minimum Gasteiger partial charge on any atom is -0.511 e. The van der Waals surface area contributed by atoms with E-state index in [-0.39, 0.29) is 42.1 Å². The van der Waals surface area contributed by atoms with E-state index >= 15 is 0 Å². The first-order valence-electron chi connectivity index (χ1n) is 16.4. The van der Waals surface area contributed by atoms with Crippen LogP contribution in [0.25, 0.3) is 0 Å². The highest BCUT2D eigenvalue weighted by molar-refractivity contribution is 6.19. The maximum absolute atomic E-state index is 14.1. The van der Waals surface area contributed by atoms with Crippen molar-refractivity contribution in [2.24, 2.45) is 23.5 Å². The molecule has 258 valence electrons. The third-order valence-corrected chi connectivity index (χ3v) is 10.7. The van der Waals surface area contributed by atoms with E-state index in [4.69, 9.17) is 15.2 Å². The van der Waals surface area contributed by atoms with Gasteiger partial charge in [0.1, 0.15) is 34.9 Å². The number of fused-ring (bicyclic) bond motifs is 4. The fourth-order valence-electron chi connectivity index (χ4n) is 8.16. The van der Waals surface area contributed by atoms with Crippen molar-refractivity contribution in [3.63, 3.8) is 0 Å². The molecule has 12 heteroatoms. The highest BCUT2D eigenvalue weighted by atomic mass is 16.7. The van der Waals surface area contributed by atoms with E-state index < -0.39 is 65.6 Å². The average molecular weight is 673 g/mol. The lowest BCUT2D eigenvalue weighted by atomic mass is 9.60. The number of nitrogens with two attached hydrogens (primary N) is 1. The van der Waals surface area contributed by atoms with Crippen LogP contribution in [0.4, 0.5) is 0 Å². The summed E-state index contributed by atoms with van der Waals surface area (Å²) < 4.78 is 12.2. The maximum Gasteiger partial charge on any atom is 0.229 e. The van der Waals surface area contributed by atoms with Crippen molar-refractivity contribution in [1.82, 2.24) is 5.32 Å². The van der Waals surface area contributed by atoms with Gasteiger partial charge < -0.3 is 51.2 Å². The van der Waals surface area contributed by atoms with Crippen molar-refractivity contribution in [2.45, 2.75) is 62.0 Å². The Hall–Kier alpha value is -4.30. The lowest BCUT2D eigenvalue weighted by Gasteiger charge is -2.59. The van der Waals surface area contributed by atoms with Gasteiger partial charge in [0.15, 0.2) is 11.6 Å². The number of nitrogens with one attached hydrogen (secondary N) is 1. The minimum atomic E-state index is -2.18. The largest absolute Gasteiger partial charge is 0.511 e. The third kappa shape index (κ3) is 5.49. The van der Waals surface area contributed by atoms with Crippen molar-refractivity contribution in [2.75, 3.05) is 13.2 Å². The van der Waals surface area contributed by atoms with E-state index in [0.29, 0.717) is 30.8 Å². The molecule has 5 aliphatic rings. The van der Waals surface area contributed by atoms with Gasteiger partial charge in [-0.3, -0.25) is 9.59 Å². The molecule has 2 aromatic rings. The molecule has 2 heterocycles. The number of ketones is 2. The number of aliphatic hydroxyl groups excluding tert-OH is 5. The van der Waals surface area contributed by atoms with Crippen LogP contribution in [-0.2, 0) is 17.8 Å². The van der Waals surface area contributed by atoms with Crippen LogP contribution < -0.4 is 15.8 Å². The van der Waals surface area contributed by atoms with Gasteiger partial charge in [0.05, 0.1) is 36.4 Å². The summed E-state index contributed by atoms with van der Waals surface area (Å²) in [6.07, 6.45) is 2.72. The van der Waals surface area contributed by atoms with Gasteiger partial charge in [0, 0.05) is 12.1 Å². The topological polar surface area (TPSA) is 212 Å². The third-order valence-electron chi connectivity index (χ3n) is 10.7. The Morgan fingerprint density at radius 2 is 1.80 bits per heavy atom. The van der Waals surface area contributed by atoms with E-state index in [1.165, 1.54) is 24.3 Å². The second kappa shape index (κ2) is 12.5. The number of hydrogen-bond acceptors (Lipinski definition) is 12. The van der Waals surface area contributed by atoms with E-state index in [1.54, 1.807) is 18.2 Å². The van der Waals surface area contributed by atoms with Crippen molar-refractivity contribution >= 4 is 11.6 Å². The molecule has 0 spiro atoms. The van der Waals surface area contributed by atoms with Crippen LogP contribution in [0, 0.1) is 17.8 Å². The predicted molar refractivity (Wildman–Crippen MR) is 175 cm³/mol. The standard InChI is InChI=1S/C37H40N2O10/c38-28-16-20(8-10-39-28)13-23-7-9-36(18-41)35(46)37(23,47)33(45)34(49-36)48-27-6-2-5-24-30(27)32(44)29-25(31(24)43)14-22(15-26(29)42)12-19-3-1-4-21(11-19)17-40/h1-6,8,11,14-16,23,25,29,33-35,39-42,45-47H,7,9-10,12-13,17-18,38H2/t23-,25-,29-,33-,34+,35+,36+,37+/m0/s1. The monoisotopic (exact) mass is 672 g/mol. The van der Waals surface area contributed by atoms with E-state index in [0.717, 1.165) is 16.7 Å². The summed E-state index contributed by atoms with van der Waals surface area (Å²) in [5.41, 5.74) is 5.09. The van der Waals surface area contributed by atoms with Gasteiger partial charge >= 0.3 is 0 Å². The molecular formula is C37H40N2O10. The van der Waals surface area contributed by atoms with Crippen molar-refractivity contribution < 1.29 is 49.7 Å². The Morgan fingerprint density at radius 3 is 2.55 bits per heavy atom. The number of carbonyl (C=O) groups is 2. The maximum atomic E-state index is 14.1. The molecule has 0 unspecified atom stereocenters. The first-order chi connectivity index (χ1) is 23.5. The molecular weight excluding hydrogens is 632 g/mol. The van der Waals surface area contributed by atoms with Gasteiger partial charge in [0.2, 0.25) is 6.29 Å². The molecule has 7 rings (SSSR count). The van der Waals surface area contributed by atoms with Crippen LogP contribution in [0.1, 0.15) is 51.1 Å². The number of rotatable bonds is 8. The zero-order valence-corrected chi connectivity index (χ0v) is 26.7. The van der Waals surface area contributed by atoms with Crippen LogP contribution in [0.3, 0.4) is 0 Å². The van der Waals surface area contributed by atoms with Crippen LogP contribution in [0.15, 0.2) is 89.5 Å². The van der Waals surface area contributed by atoms with E-state index in [1.807, 2.05) is 24.3 Å². The molecule has 3 aliphatic carbocycles. The van der Waals surface area contributed by atoms with Crippen molar-refractivity contribution in [3.05, 3.63) is 112 Å². The molecule has 0 radical (unpaired) electrons. The predicted octanol–water partition coefficient (Wildman–Crippen LogP) is 1.46. The normalized spacial score (nSPS) is 33.7. The van der Waals surface area contributed by atoms with Crippen LogP contribution >= 0.6 is 0 Å². The summed E-state index contributed by atoms with van der Waals surface area (Å²) in [4.78, 5) is 28.0. The summed E-state index contributed by atoms with van der Waals surface area (Å²) in [6, 6.07) is 11.7. The smallest absolute Gasteiger partial charge is 0.229 e. The Morgan fingerprint density at radius 1 is 1.02 bits per heavy atom. The zero-order chi connectivity index (χ0) is 34.7. The zero-order valence-electron chi connectivity index (χ0n) is 26.7. The number of allylic oxidation sites excluding steroid dienone is 6. The van der Waals surface area contributed by atoms with Crippen LogP contribution in [0.5, 0.6) is 5.75 Å². The van der Waals surface area contributed by atoms with Crippen molar-refractivity contribution in [1.29, 1.82) is 0 Å². The molecule has 49 heavy (non-hydrogen) atoms. The first-order valence-corrected chi connectivity index (χ1v) is 16.4. The SMILES string of the molecule is NC1=CC(C[C@@H]2CC[C@]3(CO)O[C@@H](Oc4cccc5c4C(=O)[C@@H]4C(O)=CC(Cc6cccc(CO)c6)=C[C@@H]4C5=O)[C@H](O)[C@@]2(O)[C@@H]3O)=CCN1. The number of ether oxygens (including phenoxy) is 2. The molecule has 9 N–H and O–H groups in total. The number of Topliss-reactive ketones (excluding diaryl/α,β-unsaturated/α-hetero) is 2. The summed E-state index contributed by atoms with van der Waals surface area (Å²) in [6.45, 7) is -0.321. The summed E-state index contributed by atoms with van der Waals surface area (Å²) in [5.74, 6) is -3.75. The molecule has 0 amide bonds. The second-order valence-corrected chi connectivity index (χ2v) is 13.6. The van der Waals surface area contributed by atoms with Gasteiger partial charge in [-0.05, 0) is 72.1 Å². The van der Waals surface area contributed by atoms with Crippen LogP contribution in [-0.4, -0.2) is 85.1 Å². The number of dihydropyridines is 1. The average Bonchev–Trinajstić information content (AvgIpc) is 3.09. The Balaban J connectivity index is 1.19. The Labute approximate surface area is 282 Å². The lowest BCUT2D eigenvalue weighted by molar-refractivity contribution is -0.376.